The van der Waals surface area contributed by atoms with Crippen molar-refractivity contribution >= 4 is 21.9 Å². The van der Waals surface area contributed by atoms with E-state index in [9.17, 15) is 0 Å². The third-order valence-corrected chi connectivity index (χ3v) is 2.85. The molecule has 0 saturated heterocycles. The van der Waals surface area contributed by atoms with Gasteiger partial charge in [-0.3, -0.25) is 0 Å². The summed E-state index contributed by atoms with van der Waals surface area (Å²) in [7, 11) is 0. The first kappa shape index (κ1) is 10.1. The fraction of sp³-hybridized carbons (Fsp3) is 0.0909. The Bertz CT molecular complexity index is 497. The molecule has 0 aliphatic rings. The van der Waals surface area contributed by atoms with Crippen molar-refractivity contribution < 1.29 is 0 Å². The summed E-state index contributed by atoms with van der Waals surface area (Å²) in [6.07, 6.45) is 1.75. The summed E-state index contributed by atoms with van der Waals surface area (Å²) in [5.74, 6) is 0.309. The maximum absolute atomic E-state index is 5.51. The molecule has 2 rings (SSSR count). The minimum absolute atomic E-state index is 0.309. The van der Waals surface area contributed by atoms with E-state index in [1.807, 2.05) is 31.2 Å². The molecule has 0 spiro atoms. The van der Waals surface area contributed by atoms with E-state index in [2.05, 4.69) is 25.9 Å². The summed E-state index contributed by atoms with van der Waals surface area (Å²) in [5.41, 5.74) is 8.47. The van der Waals surface area contributed by atoms with Crippen LogP contribution >= 0.6 is 15.9 Å². The van der Waals surface area contributed by atoms with E-state index >= 15 is 0 Å². The maximum Gasteiger partial charge on any atom is 0.220 e. The van der Waals surface area contributed by atoms with Crippen molar-refractivity contribution in [2.45, 2.75) is 6.92 Å². The average molecular weight is 264 g/mol. The zero-order valence-corrected chi connectivity index (χ0v) is 9.82. The number of nitrogens with two attached hydrogens (primary N) is 1. The summed E-state index contributed by atoms with van der Waals surface area (Å²) in [6, 6.07) is 7.97. The molecule has 0 fully saturated rings. The van der Waals surface area contributed by atoms with Gasteiger partial charge in [0, 0.05) is 16.2 Å². The Labute approximate surface area is 96.5 Å². The van der Waals surface area contributed by atoms with Crippen molar-refractivity contribution in [3.63, 3.8) is 0 Å². The van der Waals surface area contributed by atoms with Crippen molar-refractivity contribution in [3.05, 3.63) is 40.6 Å². The number of benzene rings is 1. The van der Waals surface area contributed by atoms with Gasteiger partial charge < -0.3 is 5.73 Å². The lowest BCUT2D eigenvalue weighted by molar-refractivity contribution is 1.12. The normalized spacial score (nSPS) is 10.3. The van der Waals surface area contributed by atoms with Crippen LogP contribution in [-0.2, 0) is 0 Å². The van der Waals surface area contributed by atoms with Gasteiger partial charge in [-0.1, -0.05) is 34.1 Å². The first-order chi connectivity index (χ1) is 7.18. The molecule has 1 aromatic carbocycles. The highest BCUT2D eigenvalue weighted by Gasteiger charge is 2.06. The quantitative estimate of drug-likeness (QED) is 0.861. The van der Waals surface area contributed by atoms with Gasteiger partial charge in [0.15, 0.2) is 0 Å². The predicted molar refractivity (Wildman–Crippen MR) is 64.3 cm³/mol. The van der Waals surface area contributed by atoms with Crippen LogP contribution in [0.2, 0.25) is 0 Å². The number of nitrogens with zero attached hydrogens (tertiary/aromatic N) is 2. The Morgan fingerprint density at radius 1 is 1.20 bits per heavy atom. The van der Waals surface area contributed by atoms with Crippen LogP contribution in [0.1, 0.15) is 5.69 Å². The first-order valence-electron chi connectivity index (χ1n) is 4.52. The molecule has 0 bridgehead atoms. The summed E-state index contributed by atoms with van der Waals surface area (Å²) in [6.45, 7) is 1.92. The lowest BCUT2D eigenvalue weighted by atomic mass is 10.1. The van der Waals surface area contributed by atoms with Gasteiger partial charge >= 0.3 is 0 Å². The summed E-state index contributed by atoms with van der Waals surface area (Å²) >= 11 is 3.50. The number of hydrogen-bond donors (Lipinski definition) is 1. The molecule has 15 heavy (non-hydrogen) atoms. The van der Waals surface area contributed by atoms with Gasteiger partial charge in [0.2, 0.25) is 5.95 Å². The molecule has 3 nitrogen and oxygen atoms in total. The molecule has 1 heterocycles. The van der Waals surface area contributed by atoms with Crippen LogP contribution in [0, 0.1) is 6.92 Å². The minimum Gasteiger partial charge on any atom is -0.368 e. The number of halogens is 1. The van der Waals surface area contributed by atoms with Crippen molar-refractivity contribution in [2.75, 3.05) is 5.73 Å². The molecule has 0 aliphatic heterocycles. The van der Waals surface area contributed by atoms with E-state index in [-0.39, 0.29) is 0 Å². The maximum atomic E-state index is 5.51. The summed E-state index contributed by atoms with van der Waals surface area (Å²) in [5, 5.41) is 0. The molecule has 0 aliphatic carbocycles. The van der Waals surface area contributed by atoms with Gasteiger partial charge in [0.25, 0.3) is 0 Å². The monoisotopic (exact) mass is 263 g/mol. The number of anilines is 1. The lowest BCUT2D eigenvalue weighted by Gasteiger charge is -2.06. The van der Waals surface area contributed by atoms with Gasteiger partial charge in [-0.15, -0.1) is 0 Å². The smallest absolute Gasteiger partial charge is 0.220 e. The molecule has 1 aromatic heterocycles. The standard InChI is InChI=1S/C11H10BrN3/c1-7-9(6-14-11(13)15-7)8-4-2-3-5-10(8)12/h2-6H,1H3,(H2,13,14,15). The molecule has 0 amide bonds. The Morgan fingerprint density at radius 3 is 2.60 bits per heavy atom. The molecule has 0 saturated carbocycles. The Morgan fingerprint density at radius 2 is 1.93 bits per heavy atom. The van der Waals surface area contributed by atoms with E-state index in [0.29, 0.717) is 5.95 Å². The SMILES string of the molecule is Cc1nc(N)ncc1-c1ccccc1Br. The number of aryl methyl sites for hydroxylation is 1. The third kappa shape index (κ3) is 1.99. The van der Waals surface area contributed by atoms with E-state index in [1.165, 1.54) is 0 Å². The van der Waals surface area contributed by atoms with Crippen LogP contribution < -0.4 is 5.73 Å². The van der Waals surface area contributed by atoms with Crippen molar-refractivity contribution in [2.24, 2.45) is 0 Å². The Balaban J connectivity index is 2.60. The zero-order chi connectivity index (χ0) is 10.8. The summed E-state index contributed by atoms with van der Waals surface area (Å²) in [4.78, 5) is 8.14. The number of rotatable bonds is 1. The fourth-order valence-electron chi connectivity index (χ4n) is 1.43. The second kappa shape index (κ2) is 3.98. The van der Waals surface area contributed by atoms with Crippen LogP contribution in [0.3, 0.4) is 0 Å². The molecule has 2 aromatic rings. The lowest BCUT2D eigenvalue weighted by Crippen LogP contribution is -1.98. The van der Waals surface area contributed by atoms with E-state index in [1.54, 1.807) is 6.20 Å². The van der Waals surface area contributed by atoms with Gasteiger partial charge in [-0.2, -0.15) is 0 Å². The molecular formula is C11H10BrN3. The zero-order valence-electron chi connectivity index (χ0n) is 8.24. The molecule has 4 heteroatoms. The van der Waals surface area contributed by atoms with E-state index < -0.39 is 0 Å². The van der Waals surface area contributed by atoms with Crippen LogP contribution in [-0.4, -0.2) is 9.97 Å². The van der Waals surface area contributed by atoms with Crippen LogP contribution in [0.25, 0.3) is 11.1 Å². The van der Waals surface area contributed by atoms with Crippen LogP contribution in [0.5, 0.6) is 0 Å². The Kier molecular flexibility index (Phi) is 2.68. The average Bonchev–Trinajstić information content (AvgIpc) is 2.20. The minimum atomic E-state index is 0.309. The molecular weight excluding hydrogens is 254 g/mol. The van der Waals surface area contributed by atoms with Crippen molar-refractivity contribution in [3.8, 4) is 11.1 Å². The predicted octanol–water partition coefficient (Wildman–Crippen LogP) is 2.80. The van der Waals surface area contributed by atoms with Crippen molar-refractivity contribution in [1.29, 1.82) is 0 Å². The molecule has 76 valence electrons. The number of hydrogen-bond acceptors (Lipinski definition) is 3. The topological polar surface area (TPSA) is 51.8 Å². The number of nitrogen functional groups attached to an aromatic ring is 1. The summed E-state index contributed by atoms with van der Waals surface area (Å²) < 4.78 is 1.03. The highest BCUT2D eigenvalue weighted by Crippen LogP contribution is 2.29. The third-order valence-electron chi connectivity index (χ3n) is 2.16. The second-order valence-corrected chi connectivity index (χ2v) is 4.06. The first-order valence-corrected chi connectivity index (χ1v) is 5.32. The molecule has 2 N–H and O–H groups in total. The van der Waals surface area contributed by atoms with Gasteiger partial charge in [-0.25, -0.2) is 9.97 Å². The fourth-order valence-corrected chi connectivity index (χ4v) is 1.93. The molecule has 0 radical (unpaired) electrons. The van der Waals surface area contributed by atoms with Crippen LogP contribution in [0.4, 0.5) is 5.95 Å². The van der Waals surface area contributed by atoms with Gasteiger partial charge in [0.1, 0.15) is 0 Å². The highest BCUT2D eigenvalue weighted by molar-refractivity contribution is 9.10. The Hall–Kier alpha value is -1.42. The molecule has 0 unspecified atom stereocenters. The largest absolute Gasteiger partial charge is 0.368 e. The van der Waals surface area contributed by atoms with Gasteiger partial charge in [0.05, 0.1) is 5.69 Å². The van der Waals surface area contributed by atoms with E-state index in [4.69, 9.17) is 5.73 Å². The van der Waals surface area contributed by atoms with Crippen LogP contribution in [0.15, 0.2) is 34.9 Å². The highest BCUT2D eigenvalue weighted by atomic mass is 79.9. The second-order valence-electron chi connectivity index (χ2n) is 3.21. The number of aromatic nitrogens is 2. The van der Waals surface area contributed by atoms with Gasteiger partial charge in [-0.05, 0) is 18.6 Å². The molecule has 0 atom stereocenters. The van der Waals surface area contributed by atoms with Crippen molar-refractivity contribution in [1.82, 2.24) is 9.97 Å². The van der Waals surface area contributed by atoms with E-state index in [0.717, 1.165) is 21.3 Å².